The fourth-order valence-electron chi connectivity index (χ4n) is 3.34. The Morgan fingerprint density at radius 2 is 1.80 bits per heavy atom. The molecule has 0 aromatic heterocycles. The number of phenols is 1. The Kier molecular flexibility index (Phi) is 10.8. The summed E-state index contributed by atoms with van der Waals surface area (Å²) in [5.74, 6) is 0.0432. The van der Waals surface area contributed by atoms with Crippen molar-refractivity contribution in [3.8, 4) is 11.5 Å². The van der Waals surface area contributed by atoms with Crippen LogP contribution in [0, 0.1) is 0 Å². The highest BCUT2D eigenvalue weighted by molar-refractivity contribution is 5.80. The minimum atomic E-state index is -0.330. The van der Waals surface area contributed by atoms with Crippen LogP contribution in [0.3, 0.4) is 0 Å². The van der Waals surface area contributed by atoms with E-state index >= 15 is 0 Å². The minimum Gasteiger partial charge on any atom is -0.508 e. The standard InChI is InChI=1S/C28H34N2O5/c1-19(2)16-24(29-21(4)31)12-9-15-35-25-13-14-26(32)23(17-25)18-27(33)30-28(20(3)34-5)22-10-7-6-8-11-22/h6-17,20,28,32H,18H2,1-5H3,(H,29,31)(H,30,33)/b15-9+,24-12+. The third-order valence-corrected chi connectivity index (χ3v) is 5.04. The number of phenolic OH excluding ortho intramolecular Hbond substituents is 1. The molecule has 2 amide bonds. The van der Waals surface area contributed by atoms with E-state index in [1.165, 1.54) is 19.3 Å². The number of amides is 2. The summed E-state index contributed by atoms with van der Waals surface area (Å²) in [7, 11) is 1.60. The Morgan fingerprint density at radius 3 is 2.43 bits per heavy atom. The van der Waals surface area contributed by atoms with Crippen molar-refractivity contribution < 1.29 is 24.2 Å². The number of aromatic hydroxyl groups is 1. The Bertz CT molecular complexity index is 1090. The van der Waals surface area contributed by atoms with Gasteiger partial charge in [0.05, 0.1) is 24.8 Å². The molecule has 0 radical (unpaired) electrons. The number of hydrogen-bond acceptors (Lipinski definition) is 5. The molecule has 2 rings (SSSR count). The first-order chi connectivity index (χ1) is 16.7. The average molecular weight is 479 g/mol. The summed E-state index contributed by atoms with van der Waals surface area (Å²) in [5, 5.41) is 16.0. The molecule has 2 unspecified atom stereocenters. The van der Waals surface area contributed by atoms with Crippen LogP contribution in [0.1, 0.15) is 44.9 Å². The highest BCUT2D eigenvalue weighted by Gasteiger charge is 2.22. The number of ether oxygens (including phenoxy) is 2. The number of methoxy groups -OCH3 is 1. The fraction of sp³-hybridized carbons (Fsp3) is 0.286. The Labute approximate surface area is 207 Å². The van der Waals surface area contributed by atoms with Gasteiger partial charge in [-0.2, -0.15) is 0 Å². The lowest BCUT2D eigenvalue weighted by Gasteiger charge is -2.24. The van der Waals surface area contributed by atoms with Gasteiger partial charge in [-0.25, -0.2) is 0 Å². The molecule has 0 aliphatic heterocycles. The van der Waals surface area contributed by atoms with Gasteiger partial charge in [0.25, 0.3) is 0 Å². The molecular weight excluding hydrogens is 444 g/mol. The summed E-state index contributed by atoms with van der Waals surface area (Å²) in [6.07, 6.45) is 6.40. The van der Waals surface area contributed by atoms with E-state index in [-0.39, 0.29) is 36.1 Å². The van der Waals surface area contributed by atoms with Crippen molar-refractivity contribution in [1.82, 2.24) is 10.6 Å². The van der Waals surface area contributed by atoms with Gasteiger partial charge in [0, 0.05) is 25.3 Å². The third kappa shape index (κ3) is 9.51. The van der Waals surface area contributed by atoms with Gasteiger partial charge >= 0.3 is 0 Å². The van der Waals surface area contributed by atoms with Crippen LogP contribution < -0.4 is 15.4 Å². The largest absolute Gasteiger partial charge is 0.508 e. The predicted octanol–water partition coefficient (Wildman–Crippen LogP) is 4.71. The number of benzene rings is 2. The second kappa shape index (κ2) is 13.8. The predicted molar refractivity (Wildman–Crippen MR) is 137 cm³/mol. The first-order valence-electron chi connectivity index (χ1n) is 11.3. The van der Waals surface area contributed by atoms with Crippen molar-refractivity contribution in [1.29, 1.82) is 0 Å². The van der Waals surface area contributed by atoms with Gasteiger partial charge in [-0.05, 0) is 62.8 Å². The molecule has 0 bridgehead atoms. The van der Waals surface area contributed by atoms with Gasteiger partial charge < -0.3 is 25.2 Å². The van der Waals surface area contributed by atoms with Gasteiger partial charge in [-0.15, -0.1) is 0 Å². The molecule has 7 nitrogen and oxygen atoms in total. The molecule has 35 heavy (non-hydrogen) atoms. The van der Waals surface area contributed by atoms with Gasteiger partial charge in [0.2, 0.25) is 11.8 Å². The molecule has 0 saturated carbocycles. The Balaban J connectivity index is 2.09. The zero-order chi connectivity index (χ0) is 25.8. The van der Waals surface area contributed by atoms with Crippen LogP contribution in [-0.4, -0.2) is 30.1 Å². The number of allylic oxidation sites excluding steroid dienone is 4. The molecule has 2 aromatic carbocycles. The molecule has 0 aliphatic rings. The maximum absolute atomic E-state index is 12.8. The highest BCUT2D eigenvalue weighted by Crippen LogP contribution is 2.25. The zero-order valence-electron chi connectivity index (χ0n) is 20.9. The summed E-state index contributed by atoms with van der Waals surface area (Å²) >= 11 is 0. The van der Waals surface area contributed by atoms with Crippen molar-refractivity contribution in [3.63, 3.8) is 0 Å². The van der Waals surface area contributed by atoms with E-state index in [0.29, 0.717) is 17.0 Å². The Hall–Kier alpha value is -3.84. The van der Waals surface area contributed by atoms with E-state index in [0.717, 1.165) is 11.1 Å². The summed E-state index contributed by atoms with van der Waals surface area (Å²) in [6.45, 7) is 7.20. The van der Waals surface area contributed by atoms with Crippen molar-refractivity contribution in [3.05, 3.63) is 95.4 Å². The molecule has 0 aliphatic carbocycles. The summed E-state index contributed by atoms with van der Waals surface area (Å²) in [6, 6.07) is 14.0. The van der Waals surface area contributed by atoms with Crippen LogP contribution in [-0.2, 0) is 20.7 Å². The third-order valence-electron chi connectivity index (χ3n) is 5.04. The molecule has 0 spiro atoms. The number of rotatable bonds is 11. The molecule has 0 saturated heterocycles. The molecule has 7 heteroatoms. The van der Waals surface area contributed by atoms with Crippen LogP contribution in [0.5, 0.6) is 11.5 Å². The molecule has 2 aromatic rings. The van der Waals surface area contributed by atoms with Gasteiger partial charge in [0.15, 0.2) is 0 Å². The minimum absolute atomic E-state index is 0.00364. The summed E-state index contributed by atoms with van der Waals surface area (Å²) < 4.78 is 11.1. The first-order valence-corrected chi connectivity index (χ1v) is 11.3. The maximum atomic E-state index is 12.8. The second-order valence-electron chi connectivity index (χ2n) is 8.34. The number of hydrogen-bond donors (Lipinski definition) is 3. The molecule has 0 fully saturated rings. The fourth-order valence-corrected chi connectivity index (χ4v) is 3.34. The smallest absolute Gasteiger partial charge is 0.225 e. The van der Waals surface area contributed by atoms with E-state index < -0.39 is 0 Å². The monoisotopic (exact) mass is 478 g/mol. The molecule has 3 N–H and O–H groups in total. The molecule has 186 valence electrons. The van der Waals surface area contributed by atoms with Gasteiger partial charge in [-0.1, -0.05) is 35.9 Å². The number of nitrogens with one attached hydrogen (secondary N) is 2. The maximum Gasteiger partial charge on any atom is 0.225 e. The van der Waals surface area contributed by atoms with Crippen molar-refractivity contribution in [2.45, 2.75) is 46.3 Å². The molecule has 2 atom stereocenters. The lowest BCUT2D eigenvalue weighted by molar-refractivity contribution is -0.122. The van der Waals surface area contributed by atoms with Crippen molar-refractivity contribution in [2.24, 2.45) is 0 Å². The first kappa shape index (κ1) is 27.4. The van der Waals surface area contributed by atoms with Crippen molar-refractivity contribution in [2.75, 3.05) is 7.11 Å². The van der Waals surface area contributed by atoms with Crippen LogP contribution in [0.15, 0.2) is 84.3 Å². The van der Waals surface area contributed by atoms with Crippen molar-refractivity contribution >= 4 is 11.8 Å². The van der Waals surface area contributed by atoms with Crippen LogP contribution in [0.25, 0.3) is 0 Å². The zero-order valence-corrected chi connectivity index (χ0v) is 20.9. The topological polar surface area (TPSA) is 96.9 Å². The molecule has 0 heterocycles. The van der Waals surface area contributed by atoms with Crippen LogP contribution in [0.4, 0.5) is 0 Å². The number of carbonyl (C=O) groups excluding carboxylic acids is 2. The SMILES string of the molecule is COC(C)C(NC(=O)Cc1cc(O/C=C/C=C(\C=C(C)C)NC(C)=O)ccc1O)c1ccccc1. The summed E-state index contributed by atoms with van der Waals surface area (Å²) in [5.41, 5.74) is 3.04. The number of carbonyl (C=O) groups is 2. The van der Waals surface area contributed by atoms with E-state index in [2.05, 4.69) is 10.6 Å². The Morgan fingerprint density at radius 1 is 1.09 bits per heavy atom. The molecular formula is C28H34N2O5. The van der Waals surface area contributed by atoms with E-state index in [9.17, 15) is 14.7 Å². The normalized spacial score (nSPS) is 13.1. The quantitative estimate of drug-likeness (QED) is 0.321. The van der Waals surface area contributed by atoms with Gasteiger partial charge in [-0.3, -0.25) is 9.59 Å². The lowest BCUT2D eigenvalue weighted by atomic mass is 10.0. The lowest BCUT2D eigenvalue weighted by Crippen LogP contribution is -2.36. The van der Waals surface area contributed by atoms with Crippen LogP contribution >= 0.6 is 0 Å². The summed E-state index contributed by atoms with van der Waals surface area (Å²) in [4.78, 5) is 24.2. The highest BCUT2D eigenvalue weighted by atomic mass is 16.5. The van der Waals surface area contributed by atoms with Crippen LogP contribution in [0.2, 0.25) is 0 Å². The van der Waals surface area contributed by atoms with Gasteiger partial charge in [0.1, 0.15) is 11.5 Å². The average Bonchev–Trinajstić information content (AvgIpc) is 2.81. The van der Waals surface area contributed by atoms with E-state index in [4.69, 9.17) is 9.47 Å². The second-order valence-corrected chi connectivity index (χ2v) is 8.34. The van der Waals surface area contributed by atoms with E-state index in [1.54, 1.807) is 31.4 Å². The van der Waals surface area contributed by atoms with E-state index in [1.807, 2.05) is 57.2 Å².